The van der Waals surface area contributed by atoms with Gasteiger partial charge < -0.3 is 4.74 Å². The molecule has 1 amide bonds. The molecule has 8 heteroatoms. The van der Waals surface area contributed by atoms with Crippen LogP contribution in [-0.2, 0) is 9.63 Å². The van der Waals surface area contributed by atoms with Crippen LogP contribution in [0.15, 0.2) is 24.3 Å². The van der Waals surface area contributed by atoms with Crippen LogP contribution in [0.3, 0.4) is 0 Å². The lowest BCUT2D eigenvalue weighted by atomic mass is 10.3. The highest BCUT2D eigenvalue weighted by atomic mass is 35.5. The van der Waals surface area contributed by atoms with E-state index in [2.05, 4.69) is 4.84 Å². The molecule has 0 aliphatic carbocycles. The van der Waals surface area contributed by atoms with Crippen LogP contribution >= 0.6 is 11.6 Å². The van der Waals surface area contributed by atoms with Crippen LogP contribution in [0.2, 0.25) is 5.02 Å². The molecular formula is C11H11ClF3NO3. The van der Waals surface area contributed by atoms with E-state index in [1.807, 2.05) is 0 Å². The van der Waals surface area contributed by atoms with E-state index in [1.54, 1.807) is 23.7 Å². The smallest absolute Gasteiger partial charge is 0.414 e. The minimum Gasteiger partial charge on any atom is -0.479 e. The first kappa shape index (κ1) is 15.6. The number of hydrogen-bond donors (Lipinski definition) is 1. The number of ether oxygens (including phenoxy) is 1. The number of rotatable bonds is 5. The van der Waals surface area contributed by atoms with Crippen molar-refractivity contribution in [3.63, 3.8) is 0 Å². The molecule has 106 valence electrons. The molecule has 4 nitrogen and oxygen atoms in total. The SMILES string of the molecule is CC(Oc1ccccc1Cl)C(=O)NOCC(F)(F)F. The van der Waals surface area contributed by atoms with E-state index in [0.29, 0.717) is 5.02 Å². The van der Waals surface area contributed by atoms with E-state index in [9.17, 15) is 18.0 Å². The lowest BCUT2D eigenvalue weighted by Gasteiger charge is -2.15. The third kappa shape index (κ3) is 5.80. The number of alkyl halides is 3. The third-order valence-electron chi connectivity index (χ3n) is 1.92. The van der Waals surface area contributed by atoms with Crippen molar-refractivity contribution in [3.8, 4) is 5.75 Å². The summed E-state index contributed by atoms with van der Waals surface area (Å²) in [6.45, 7) is -0.215. The Balaban J connectivity index is 2.43. The summed E-state index contributed by atoms with van der Waals surface area (Å²) >= 11 is 5.80. The largest absolute Gasteiger partial charge is 0.479 e. The van der Waals surface area contributed by atoms with Crippen molar-refractivity contribution >= 4 is 17.5 Å². The van der Waals surface area contributed by atoms with Crippen LogP contribution in [0.5, 0.6) is 5.75 Å². The minimum absolute atomic E-state index is 0.252. The summed E-state index contributed by atoms with van der Waals surface area (Å²) < 4.78 is 40.5. The van der Waals surface area contributed by atoms with Crippen LogP contribution in [0.4, 0.5) is 13.2 Å². The van der Waals surface area contributed by atoms with Gasteiger partial charge in [0, 0.05) is 0 Å². The van der Waals surface area contributed by atoms with Gasteiger partial charge in [-0.3, -0.25) is 9.63 Å². The lowest BCUT2D eigenvalue weighted by Crippen LogP contribution is -2.38. The zero-order valence-corrected chi connectivity index (χ0v) is 10.6. The van der Waals surface area contributed by atoms with Gasteiger partial charge in [-0.25, -0.2) is 5.48 Å². The normalized spacial score (nSPS) is 12.9. The summed E-state index contributed by atoms with van der Waals surface area (Å²) in [6.07, 6.45) is -5.56. The number of halogens is 4. The van der Waals surface area contributed by atoms with Crippen molar-refractivity contribution in [2.45, 2.75) is 19.2 Å². The number of nitrogens with one attached hydrogen (secondary N) is 1. The van der Waals surface area contributed by atoms with E-state index >= 15 is 0 Å². The van der Waals surface area contributed by atoms with Gasteiger partial charge in [0.2, 0.25) is 0 Å². The van der Waals surface area contributed by atoms with E-state index < -0.39 is 24.8 Å². The zero-order chi connectivity index (χ0) is 14.5. The second-order valence-electron chi connectivity index (χ2n) is 3.56. The minimum atomic E-state index is -4.51. The molecule has 1 rings (SSSR count). The maximum absolute atomic E-state index is 11.8. The predicted molar refractivity (Wildman–Crippen MR) is 61.7 cm³/mol. The first-order valence-corrected chi connectivity index (χ1v) is 5.57. The van der Waals surface area contributed by atoms with Gasteiger partial charge >= 0.3 is 6.18 Å². The Labute approximate surface area is 112 Å². The molecule has 19 heavy (non-hydrogen) atoms. The van der Waals surface area contributed by atoms with Crippen LogP contribution in [0, 0.1) is 0 Å². The molecule has 0 saturated heterocycles. The fourth-order valence-electron chi connectivity index (χ4n) is 1.06. The zero-order valence-electron chi connectivity index (χ0n) is 9.83. The van der Waals surface area contributed by atoms with Gasteiger partial charge in [-0.1, -0.05) is 23.7 Å². The molecule has 0 saturated carbocycles. The van der Waals surface area contributed by atoms with Gasteiger partial charge in [-0.2, -0.15) is 13.2 Å². The Morgan fingerprint density at radius 1 is 1.42 bits per heavy atom. The Kier molecular flexibility index (Phi) is 5.44. The fraction of sp³-hybridized carbons (Fsp3) is 0.364. The van der Waals surface area contributed by atoms with Crippen molar-refractivity contribution in [2.24, 2.45) is 0 Å². The predicted octanol–water partition coefficient (Wildman–Crippen LogP) is 2.72. The molecule has 0 radical (unpaired) electrons. The maximum atomic E-state index is 11.8. The molecular weight excluding hydrogens is 287 g/mol. The monoisotopic (exact) mass is 297 g/mol. The van der Waals surface area contributed by atoms with Gasteiger partial charge in [-0.15, -0.1) is 0 Å². The third-order valence-corrected chi connectivity index (χ3v) is 2.23. The van der Waals surface area contributed by atoms with Crippen LogP contribution in [-0.4, -0.2) is 24.8 Å². The molecule has 0 aliphatic rings. The highest BCUT2D eigenvalue weighted by molar-refractivity contribution is 6.32. The van der Waals surface area contributed by atoms with Gasteiger partial charge in [-0.05, 0) is 19.1 Å². The summed E-state index contributed by atoms with van der Waals surface area (Å²) in [5.74, 6) is -0.591. The fourth-order valence-corrected chi connectivity index (χ4v) is 1.24. The van der Waals surface area contributed by atoms with Crippen molar-refractivity contribution in [3.05, 3.63) is 29.3 Å². The molecule has 1 aromatic rings. The average molecular weight is 298 g/mol. The molecule has 0 aliphatic heterocycles. The Bertz CT molecular complexity index is 439. The molecule has 0 heterocycles. The quantitative estimate of drug-likeness (QED) is 0.850. The van der Waals surface area contributed by atoms with Crippen molar-refractivity contribution in [1.82, 2.24) is 5.48 Å². The molecule has 1 aromatic carbocycles. The van der Waals surface area contributed by atoms with Crippen molar-refractivity contribution in [2.75, 3.05) is 6.61 Å². The second-order valence-corrected chi connectivity index (χ2v) is 3.97. The van der Waals surface area contributed by atoms with Gasteiger partial charge in [0.15, 0.2) is 12.7 Å². The molecule has 1 unspecified atom stereocenters. The first-order chi connectivity index (χ1) is 8.79. The number of benzene rings is 1. The topological polar surface area (TPSA) is 47.6 Å². The summed E-state index contributed by atoms with van der Waals surface area (Å²) in [4.78, 5) is 15.4. The van der Waals surface area contributed by atoms with Gasteiger partial charge in [0.05, 0.1) is 5.02 Å². The Hall–Kier alpha value is -1.47. The van der Waals surface area contributed by atoms with Crippen LogP contribution < -0.4 is 10.2 Å². The molecule has 0 fully saturated rings. The van der Waals surface area contributed by atoms with E-state index in [4.69, 9.17) is 16.3 Å². The average Bonchev–Trinajstić information content (AvgIpc) is 2.30. The number of carbonyl (C=O) groups excluding carboxylic acids is 1. The highest BCUT2D eigenvalue weighted by Gasteiger charge is 2.28. The summed E-state index contributed by atoms with van der Waals surface area (Å²) in [5.41, 5.74) is 1.65. The summed E-state index contributed by atoms with van der Waals surface area (Å²) in [5, 5.41) is 0.290. The second kappa shape index (κ2) is 6.63. The van der Waals surface area contributed by atoms with Gasteiger partial charge in [0.1, 0.15) is 5.75 Å². The maximum Gasteiger partial charge on any atom is 0.414 e. The number of amides is 1. The van der Waals surface area contributed by atoms with E-state index in [1.165, 1.54) is 13.0 Å². The summed E-state index contributed by atoms with van der Waals surface area (Å²) in [7, 11) is 0. The van der Waals surface area contributed by atoms with Crippen LogP contribution in [0.1, 0.15) is 6.92 Å². The van der Waals surface area contributed by atoms with Crippen molar-refractivity contribution < 1.29 is 27.5 Å². The number of hydrogen-bond acceptors (Lipinski definition) is 3. The Morgan fingerprint density at radius 3 is 2.63 bits per heavy atom. The number of carbonyl (C=O) groups is 1. The van der Waals surface area contributed by atoms with Crippen LogP contribution in [0.25, 0.3) is 0 Å². The standard InChI is InChI=1S/C11H11ClF3NO3/c1-7(10(17)16-18-6-11(13,14)15)19-9-5-3-2-4-8(9)12/h2-5,7H,6H2,1H3,(H,16,17). The molecule has 1 atom stereocenters. The molecule has 1 N–H and O–H groups in total. The van der Waals surface area contributed by atoms with Gasteiger partial charge in [0.25, 0.3) is 5.91 Å². The number of para-hydroxylation sites is 1. The molecule has 0 bridgehead atoms. The summed E-state index contributed by atoms with van der Waals surface area (Å²) in [6, 6.07) is 6.41. The van der Waals surface area contributed by atoms with E-state index in [-0.39, 0.29) is 5.75 Å². The first-order valence-electron chi connectivity index (χ1n) is 5.19. The highest BCUT2D eigenvalue weighted by Crippen LogP contribution is 2.24. The molecule has 0 aromatic heterocycles. The van der Waals surface area contributed by atoms with Crippen molar-refractivity contribution in [1.29, 1.82) is 0 Å². The lowest BCUT2D eigenvalue weighted by molar-refractivity contribution is -0.193. The van der Waals surface area contributed by atoms with E-state index in [0.717, 1.165) is 0 Å². The Morgan fingerprint density at radius 2 is 2.05 bits per heavy atom. The number of hydroxylamine groups is 1. The molecule has 0 spiro atoms.